The van der Waals surface area contributed by atoms with Gasteiger partial charge >= 0.3 is 0 Å². The molecule has 0 fully saturated rings. The molecule has 0 aliphatic rings. The number of nitrogens with one attached hydrogen (secondary N) is 3. The standard InChI is InChI=1S/C11H21N3O3S/c1-8(2)4-12-9(15)5-13-10(16)6-14-11(17)7-18-3/h8H,4-7H2,1-3H3,(H,12,15)(H,13,16)(H,14,17). The highest BCUT2D eigenvalue weighted by Crippen LogP contribution is 1.88. The second-order valence-corrected chi connectivity index (χ2v) is 5.05. The van der Waals surface area contributed by atoms with Crippen molar-refractivity contribution < 1.29 is 14.4 Å². The van der Waals surface area contributed by atoms with Crippen LogP contribution in [0.3, 0.4) is 0 Å². The Balaban J connectivity index is 3.64. The molecule has 0 heterocycles. The molecule has 0 aromatic carbocycles. The van der Waals surface area contributed by atoms with E-state index in [0.29, 0.717) is 18.2 Å². The second kappa shape index (κ2) is 9.76. The molecule has 0 aliphatic carbocycles. The van der Waals surface area contributed by atoms with Crippen molar-refractivity contribution in [3.8, 4) is 0 Å². The highest BCUT2D eigenvalue weighted by atomic mass is 32.2. The highest BCUT2D eigenvalue weighted by molar-refractivity contribution is 7.99. The Labute approximate surface area is 112 Å². The Kier molecular flexibility index (Phi) is 9.08. The van der Waals surface area contributed by atoms with Crippen molar-refractivity contribution in [2.45, 2.75) is 13.8 Å². The summed E-state index contributed by atoms with van der Waals surface area (Å²) in [6, 6.07) is 0. The molecule has 0 aromatic rings. The average Bonchev–Trinajstić information content (AvgIpc) is 2.31. The lowest BCUT2D eigenvalue weighted by Gasteiger charge is -2.09. The molecule has 0 saturated carbocycles. The number of thioether (sulfide) groups is 1. The van der Waals surface area contributed by atoms with Gasteiger partial charge in [0.05, 0.1) is 18.8 Å². The quantitative estimate of drug-likeness (QED) is 0.549. The molecule has 0 atom stereocenters. The lowest BCUT2D eigenvalue weighted by atomic mass is 10.2. The third-order valence-corrected chi connectivity index (χ3v) is 2.43. The minimum absolute atomic E-state index is 0.0655. The third-order valence-electron chi connectivity index (χ3n) is 1.88. The smallest absolute Gasteiger partial charge is 0.239 e. The van der Waals surface area contributed by atoms with Gasteiger partial charge in [-0.05, 0) is 12.2 Å². The van der Waals surface area contributed by atoms with Gasteiger partial charge in [0.1, 0.15) is 0 Å². The molecular weight excluding hydrogens is 254 g/mol. The molecule has 0 rings (SSSR count). The Hall–Kier alpha value is -1.24. The summed E-state index contributed by atoms with van der Waals surface area (Å²) in [6.07, 6.45) is 1.80. The molecule has 0 radical (unpaired) electrons. The molecule has 6 nitrogen and oxygen atoms in total. The zero-order chi connectivity index (χ0) is 14.0. The lowest BCUT2D eigenvalue weighted by Crippen LogP contribution is -2.42. The fourth-order valence-corrected chi connectivity index (χ4v) is 1.35. The molecule has 104 valence electrons. The van der Waals surface area contributed by atoms with Gasteiger partial charge in [-0.25, -0.2) is 0 Å². The van der Waals surface area contributed by atoms with Crippen molar-refractivity contribution in [3.05, 3.63) is 0 Å². The van der Waals surface area contributed by atoms with E-state index in [0.717, 1.165) is 0 Å². The first-order valence-electron chi connectivity index (χ1n) is 5.74. The van der Waals surface area contributed by atoms with Crippen LogP contribution in [-0.2, 0) is 14.4 Å². The fourth-order valence-electron chi connectivity index (χ4n) is 0.983. The van der Waals surface area contributed by atoms with Gasteiger partial charge < -0.3 is 16.0 Å². The number of amides is 3. The van der Waals surface area contributed by atoms with Gasteiger partial charge in [-0.3, -0.25) is 14.4 Å². The van der Waals surface area contributed by atoms with Crippen LogP contribution in [0, 0.1) is 5.92 Å². The molecule has 0 saturated heterocycles. The normalized spacial score (nSPS) is 10.0. The van der Waals surface area contributed by atoms with E-state index in [4.69, 9.17) is 0 Å². The van der Waals surface area contributed by atoms with Gasteiger partial charge in [0.25, 0.3) is 0 Å². The summed E-state index contributed by atoms with van der Waals surface area (Å²) in [5.74, 6) is -0.101. The highest BCUT2D eigenvalue weighted by Gasteiger charge is 2.07. The number of hydrogen-bond donors (Lipinski definition) is 3. The summed E-state index contributed by atoms with van der Waals surface area (Å²) in [6.45, 7) is 4.39. The van der Waals surface area contributed by atoms with Crippen molar-refractivity contribution in [1.82, 2.24) is 16.0 Å². The average molecular weight is 275 g/mol. The van der Waals surface area contributed by atoms with Crippen LogP contribution in [0.1, 0.15) is 13.8 Å². The van der Waals surface area contributed by atoms with E-state index in [-0.39, 0.29) is 30.8 Å². The van der Waals surface area contributed by atoms with Crippen molar-refractivity contribution in [1.29, 1.82) is 0 Å². The predicted molar refractivity (Wildman–Crippen MR) is 72.2 cm³/mol. The topological polar surface area (TPSA) is 87.3 Å². The SMILES string of the molecule is CSCC(=O)NCC(=O)NCC(=O)NCC(C)C. The summed E-state index contributed by atoms with van der Waals surface area (Å²) in [7, 11) is 0. The third kappa shape index (κ3) is 9.95. The minimum atomic E-state index is -0.371. The minimum Gasteiger partial charge on any atom is -0.354 e. The van der Waals surface area contributed by atoms with E-state index in [1.807, 2.05) is 13.8 Å². The van der Waals surface area contributed by atoms with Gasteiger partial charge in [0, 0.05) is 6.54 Å². The summed E-state index contributed by atoms with van der Waals surface area (Å²) in [4.78, 5) is 33.6. The zero-order valence-electron chi connectivity index (χ0n) is 11.0. The Morgan fingerprint density at radius 3 is 1.94 bits per heavy atom. The molecule has 3 amide bonds. The van der Waals surface area contributed by atoms with Crippen LogP contribution in [0.15, 0.2) is 0 Å². The monoisotopic (exact) mass is 275 g/mol. The maximum atomic E-state index is 11.3. The van der Waals surface area contributed by atoms with Gasteiger partial charge in [-0.2, -0.15) is 11.8 Å². The first kappa shape index (κ1) is 16.8. The van der Waals surface area contributed by atoms with E-state index in [1.54, 1.807) is 6.26 Å². The van der Waals surface area contributed by atoms with Gasteiger partial charge in [-0.1, -0.05) is 13.8 Å². The Morgan fingerprint density at radius 2 is 1.44 bits per heavy atom. The van der Waals surface area contributed by atoms with E-state index in [1.165, 1.54) is 11.8 Å². The van der Waals surface area contributed by atoms with Gasteiger partial charge in [0.15, 0.2) is 0 Å². The molecular formula is C11H21N3O3S. The molecule has 0 bridgehead atoms. The summed E-state index contributed by atoms with van der Waals surface area (Å²) in [5.41, 5.74) is 0. The number of carbonyl (C=O) groups excluding carboxylic acids is 3. The van der Waals surface area contributed by atoms with Crippen molar-refractivity contribution in [2.24, 2.45) is 5.92 Å². The van der Waals surface area contributed by atoms with Crippen LogP contribution in [0.25, 0.3) is 0 Å². The van der Waals surface area contributed by atoms with Crippen LogP contribution >= 0.6 is 11.8 Å². The van der Waals surface area contributed by atoms with Crippen molar-refractivity contribution >= 4 is 29.5 Å². The maximum absolute atomic E-state index is 11.3. The van der Waals surface area contributed by atoms with Crippen LogP contribution in [0.2, 0.25) is 0 Å². The molecule has 18 heavy (non-hydrogen) atoms. The van der Waals surface area contributed by atoms with Crippen LogP contribution in [-0.4, -0.2) is 49.4 Å². The number of carbonyl (C=O) groups is 3. The largest absolute Gasteiger partial charge is 0.354 e. The zero-order valence-corrected chi connectivity index (χ0v) is 11.9. The number of rotatable bonds is 8. The molecule has 0 spiro atoms. The van der Waals surface area contributed by atoms with Gasteiger partial charge in [-0.15, -0.1) is 0 Å². The summed E-state index contributed by atoms with van der Waals surface area (Å²) in [5, 5.41) is 7.56. The lowest BCUT2D eigenvalue weighted by molar-refractivity contribution is -0.127. The molecule has 3 N–H and O–H groups in total. The second-order valence-electron chi connectivity index (χ2n) is 4.18. The van der Waals surface area contributed by atoms with E-state index in [9.17, 15) is 14.4 Å². The van der Waals surface area contributed by atoms with E-state index >= 15 is 0 Å². The maximum Gasteiger partial charge on any atom is 0.239 e. The van der Waals surface area contributed by atoms with E-state index in [2.05, 4.69) is 16.0 Å². The first-order valence-corrected chi connectivity index (χ1v) is 7.14. The molecule has 0 unspecified atom stereocenters. The Morgan fingerprint density at radius 1 is 0.944 bits per heavy atom. The van der Waals surface area contributed by atoms with Crippen LogP contribution in [0.4, 0.5) is 0 Å². The Bertz CT molecular complexity index is 295. The van der Waals surface area contributed by atoms with Gasteiger partial charge in [0.2, 0.25) is 17.7 Å². The summed E-state index contributed by atoms with van der Waals surface area (Å²) < 4.78 is 0. The van der Waals surface area contributed by atoms with Crippen molar-refractivity contribution in [3.63, 3.8) is 0 Å². The molecule has 0 aliphatic heterocycles. The van der Waals surface area contributed by atoms with Crippen LogP contribution in [0.5, 0.6) is 0 Å². The number of hydrogen-bond acceptors (Lipinski definition) is 4. The van der Waals surface area contributed by atoms with Crippen molar-refractivity contribution in [2.75, 3.05) is 31.6 Å². The van der Waals surface area contributed by atoms with Crippen LogP contribution < -0.4 is 16.0 Å². The first-order chi connectivity index (χ1) is 8.45. The summed E-state index contributed by atoms with van der Waals surface area (Å²) >= 11 is 1.38. The molecule has 0 aromatic heterocycles. The predicted octanol–water partition coefficient (Wildman–Crippen LogP) is -0.646. The fraction of sp³-hybridized carbons (Fsp3) is 0.727. The van der Waals surface area contributed by atoms with E-state index < -0.39 is 0 Å². The molecule has 7 heteroatoms.